The molecule has 146 valence electrons. The Kier molecular flexibility index (Phi) is 6.20. The summed E-state index contributed by atoms with van der Waals surface area (Å²) in [5.41, 5.74) is -1.01. The number of anilines is 1. The van der Waals surface area contributed by atoms with E-state index in [1.807, 2.05) is 5.32 Å². The molecule has 0 unspecified atom stereocenters. The highest BCUT2D eigenvalue weighted by Gasteiger charge is 2.39. The van der Waals surface area contributed by atoms with Crippen LogP contribution in [0.2, 0.25) is 5.02 Å². The number of rotatable bonds is 6. The molecule has 13 heteroatoms. The molecular weight excluding hydrogens is 395 g/mol. The molecule has 1 saturated heterocycles. The second kappa shape index (κ2) is 8.20. The zero-order valence-electron chi connectivity index (χ0n) is 13.7. The average molecular weight is 408 g/mol. The fourth-order valence-electron chi connectivity index (χ4n) is 2.10. The number of amides is 4. The van der Waals surface area contributed by atoms with Crippen molar-refractivity contribution in [1.29, 1.82) is 0 Å². The summed E-state index contributed by atoms with van der Waals surface area (Å²) in [5.74, 6) is -3.06. The number of alkyl halides is 3. The highest BCUT2D eigenvalue weighted by atomic mass is 35.5. The van der Waals surface area contributed by atoms with Crippen LogP contribution in [-0.2, 0) is 20.6 Å². The van der Waals surface area contributed by atoms with E-state index >= 15 is 0 Å². The first kappa shape index (κ1) is 20.4. The second-order valence-corrected chi connectivity index (χ2v) is 5.59. The Morgan fingerprint density at radius 2 is 2.15 bits per heavy atom. The van der Waals surface area contributed by atoms with Crippen molar-refractivity contribution in [2.24, 2.45) is 11.1 Å². The molecule has 1 atom stereocenters. The number of hydrogen-bond acceptors (Lipinski definition) is 7. The quantitative estimate of drug-likeness (QED) is 0.419. The number of nitrogens with zero attached hydrogens (tertiary/aromatic N) is 3. The Morgan fingerprint density at radius 3 is 2.74 bits per heavy atom. The second-order valence-electron chi connectivity index (χ2n) is 5.18. The molecule has 0 spiro atoms. The summed E-state index contributed by atoms with van der Waals surface area (Å²) in [6.07, 6.45) is -3.04. The summed E-state index contributed by atoms with van der Waals surface area (Å²) < 4.78 is 37.7. The van der Waals surface area contributed by atoms with Crippen molar-refractivity contribution in [1.82, 2.24) is 15.2 Å². The highest BCUT2D eigenvalue weighted by molar-refractivity contribution is 6.33. The van der Waals surface area contributed by atoms with Crippen molar-refractivity contribution >= 4 is 41.5 Å². The fraction of sp³-hybridized carbons (Fsp3) is 0.357. The van der Waals surface area contributed by atoms with Gasteiger partial charge in [0, 0.05) is 19.3 Å². The minimum Gasteiger partial charge on any atom is -0.399 e. The van der Waals surface area contributed by atoms with Gasteiger partial charge in [0.15, 0.2) is 5.92 Å². The monoisotopic (exact) mass is 407 g/mol. The third-order valence-electron chi connectivity index (χ3n) is 3.40. The normalized spacial score (nSPS) is 18.0. The number of nitrogens with one attached hydrogen (secondary N) is 2. The molecule has 1 fully saturated rings. The molecule has 0 aliphatic carbocycles. The van der Waals surface area contributed by atoms with Crippen molar-refractivity contribution in [2.45, 2.75) is 6.18 Å². The first-order valence-electron chi connectivity index (χ1n) is 7.34. The molecule has 2 heterocycles. The van der Waals surface area contributed by atoms with E-state index in [0.29, 0.717) is 12.3 Å². The maximum absolute atomic E-state index is 12.6. The number of oxime groups is 1. The van der Waals surface area contributed by atoms with E-state index in [4.69, 9.17) is 11.6 Å². The van der Waals surface area contributed by atoms with Gasteiger partial charge in [-0.05, 0) is 6.07 Å². The SMILES string of the molecule is CON=C[C@@H]1C(=O)NC(=O)N(CCNc2ncc(C(F)(F)F)cc2Cl)C1=O. The van der Waals surface area contributed by atoms with Gasteiger partial charge in [-0.2, -0.15) is 13.2 Å². The lowest BCUT2D eigenvalue weighted by Gasteiger charge is -2.28. The van der Waals surface area contributed by atoms with Gasteiger partial charge in [0.1, 0.15) is 12.9 Å². The van der Waals surface area contributed by atoms with Crippen LogP contribution in [0.3, 0.4) is 0 Å². The molecule has 2 N–H and O–H groups in total. The average Bonchev–Trinajstić information content (AvgIpc) is 2.57. The van der Waals surface area contributed by atoms with Crippen LogP contribution in [0.1, 0.15) is 5.56 Å². The molecule has 1 aromatic rings. The Hall–Kier alpha value is -2.89. The first-order chi connectivity index (χ1) is 12.6. The number of carbonyl (C=O) groups excluding carboxylic acids is 3. The number of aromatic nitrogens is 1. The number of urea groups is 1. The summed E-state index contributed by atoms with van der Waals surface area (Å²) >= 11 is 5.75. The molecule has 0 bridgehead atoms. The summed E-state index contributed by atoms with van der Waals surface area (Å²) in [6, 6.07) is -0.230. The lowest BCUT2D eigenvalue weighted by atomic mass is 10.1. The molecule has 0 radical (unpaired) electrons. The van der Waals surface area contributed by atoms with E-state index in [2.05, 4.69) is 20.3 Å². The van der Waals surface area contributed by atoms with E-state index in [9.17, 15) is 27.6 Å². The maximum atomic E-state index is 12.6. The van der Waals surface area contributed by atoms with Gasteiger partial charge in [0.2, 0.25) is 11.8 Å². The van der Waals surface area contributed by atoms with E-state index in [-0.39, 0.29) is 23.9 Å². The molecule has 2 rings (SSSR count). The minimum atomic E-state index is -4.58. The van der Waals surface area contributed by atoms with Crippen LogP contribution in [-0.4, -0.2) is 54.1 Å². The Morgan fingerprint density at radius 1 is 1.44 bits per heavy atom. The third kappa shape index (κ3) is 4.84. The number of carbonyl (C=O) groups is 3. The van der Waals surface area contributed by atoms with E-state index in [0.717, 1.165) is 11.1 Å². The van der Waals surface area contributed by atoms with Crippen molar-refractivity contribution < 1.29 is 32.4 Å². The van der Waals surface area contributed by atoms with Gasteiger partial charge in [-0.15, -0.1) is 0 Å². The van der Waals surface area contributed by atoms with Crippen LogP contribution < -0.4 is 10.6 Å². The number of pyridine rings is 1. The van der Waals surface area contributed by atoms with Gasteiger partial charge < -0.3 is 10.2 Å². The molecule has 27 heavy (non-hydrogen) atoms. The van der Waals surface area contributed by atoms with Gasteiger partial charge in [0.25, 0.3) is 0 Å². The molecule has 0 saturated carbocycles. The van der Waals surface area contributed by atoms with E-state index < -0.39 is 35.5 Å². The lowest BCUT2D eigenvalue weighted by Crippen LogP contribution is -2.59. The standard InChI is InChI=1S/C14H13ClF3N5O4/c1-27-21-6-8-11(24)22-13(26)23(12(8)25)3-2-19-10-9(15)4-7(5-20-10)14(16,17)18/h4-6,8H,2-3H2,1H3,(H,19,20)(H,22,24,26)/t8-/m1/s1. The van der Waals surface area contributed by atoms with Gasteiger partial charge >= 0.3 is 12.2 Å². The van der Waals surface area contributed by atoms with Crippen LogP contribution in [0.5, 0.6) is 0 Å². The molecule has 1 aliphatic heterocycles. The van der Waals surface area contributed by atoms with Crippen molar-refractivity contribution in [3.8, 4) is 0 Å². The Balaban J connectivity index is 2.01. The minimum absolute atomic E-state index is 0.0527. The molecule has 0 aromatic carbocycles. The number of halogens is 4. The summed E-state index contributed by atoms with van der Waals surface area (Å²) in [6.45, 7) is -0.270. The van der Waals surface area contributed by atoms with Gasteiger partial charge in [-0.3, -0.25) is 19.8 Å². The predicted molar refractivity (Wildman–Crippen MR) is 87.0 cm³/mol. The molecule has 1 aliphatic rings. The maximum Gasteiger partial charge on any atom is 0.417 e. The predicted octanol–water partition coefficient (Wildman–Crippen LogP) is 1.49. The Labute approximate surface area is 155 Å². The van der Waals surface area contributed by atoms with E-state index in [1.54, 1.807) is 0 Å². The highest BCUT2D eigenvalue weighted by Crippen LogP contribution is 2.32. The van der Waals surface area contributed by atoms with Crippen LogP contribution in [0.4, 0.5) is 23.8 Å². The molecule has 4 amide bonds. The van der Waals surface area contributed by atoms with Crippen LogP contribution >= 0.6 is 11.6 Å². The van der Waals surface area contributed by atoms with Crippen LogP contribution in [0.15, 0.2) is 17.4 Å². The summed E-state index contributed by atoms with van der Waals surface area (Å²) in [5, 5.41) is 7.68. The molecular formula is C14H13ClF3N5O4. The molecule has 9 nitrogen and oxygen atoms in total. The van der Waals surface area contributed by atoms with Gasteiger partial charge in [0.05, 0.1) is 16.8 Å². The fourth-order valence-corrected chi connectivity index (χ4v) is 2.34. The smallest absolute Gasteiger partial charge is 0.399 e. The van der Waals surface area contributed by atoms with Crippen LogP contribution in [0.25, 0.3) is 0 Å². The van der Waals surface area contributed by atoms with Crippen molar-refractivity contribution in [2.75, 3.05) is 25.5 Å². The summed E-state index contributed by atoms with van der Waals surface area (Å²) in [4.78, 5) is 44.4. The molecule has 1 aromatic heterocycles. The third-order valence-corrected chi connectivity index (χ3v) is 3.69. The lowest BCUT2D eigenvalue weighted by molar-refractivity contribution is -0.139. The number of barbiturate groups is 1. The topological polar surface area (TPSA) is 113 Å². The van der Waals surface area contributed by atoms with Gasteiger partial charge in [-0.25, -0.2) is 9.78 Å². The first-order valence-corrected chi connectivity index (χ1v) is 7.72. The number of hydrogen-bond donors (Lipinski definition) is 2. The Bertz CT molecular complexity index is 787. The zero-order valence-corrected chi connectivity index (χ0v) is 14.5. The van der Waals surface area contributed by atoms with Gasteiger partial charge in [-0.1, -0.05) is 16.8 Å². The van der Waals surface area contributed by atoms with Crippen LogP contribution in [0, 0.1) is 5.92 Å². The largest absolute Gasteiger partial charge is 0.417 e. The van der Waals surface area contributed by atoms with Crippen molar-refractivity contribution in [3.05, 3.63) is 22.8 Å². The van der Waals surface area contributed by atoms with E-state index in [1.165, 1.54) is 7.11 Å². The number of imide groups is 2. The summed E-state index contributed by atoms with van der Waals surface area (Å²) in [7, 11) is 1.22. The zero-order chi connectivity index (χ0) is 20.2. The van der Waals surface area contributed by atoms with Crippen molar-refractivity contribution in [3.63, 3.8) is 0 Å².